The molecule has 0 aliphatic carbocycles. The molecule has 2 unspecified atom stereocenters. The Kier molecular flexibility index (Phi) is 3.63. The van der Waals surface area contributed by atoms with Gasteiger partial charge in [0.1, 0.15) is 6.54 Å². The normalized spacial score (nSPS) is 32.1. The van der Waals surface area contributed by atoms with Crippen LogP contribution in [0.1, 0.15) is 20.3 Å². The Morgan fingerprint density at radius 3 is 2.94 bits per heavy atom. The number of hydrogen-bond acceptors (Lipinski definition) is 4. The van der Waals surface area contributed by atoms with Gasteiger partial charge in [0.15, 0.2) is 0 Å². The molecule has 2 bridgehead atoms. The topological polar surface area (TPSA) is 57.6 Å². The Balaban J connectivity index is 2.25. The molecule has 0 aromatic carbocycles. The standard InChI is InChI=1S/C11H17NO3S2/c1-11(2)8-3-7(5-16-6-17-11)10(15)12(8)4-9(13)14/h7-8H,3-6H2,1-2H3,(H,13,14). The van der Waals surface area contributed by atoms with E-state index in [2.05, 4.69) is 13.8 Å². The van der Waals surface area contributed by atoms with Gasteiger partial charge in [0, 0.05) is 27.5 Å². The predicted octanol–water partition coefficient (Wildman–Crippen LogP) is 1.50. The lowest BCUT2D eigenvalue weighted by Gasteiger charge is -2.36. The quantitative estimate of drug-likeness (QED) is 0.827. The molecule has 0 spiro atoms. The molecule has 17 heavy (non-hydrogen) atoms. The Morgan fingerprint density at radius 1 is 1.59 bits per heavy atom. The Hall–Kier alpha value is -0.360. The van der Waals surface area contributed by atoms with Gasteiger partial charge in [-0.1, -0.05) is 0 Å². The molecule has 2 aliphatic heterocycles. The lowest BCUT2D eigenvalue weighted by Crippen LogP contribution is -2.47. The summed E-state index contributed by atoms with van der Waals surface area (Å²) in [5.41, 5.74) is 0. The monoisotopic (exact) mass is 275 g/mol. The maximum absolute atomic E-state index is 12.2. The van der Waals surface area contributed by atoms with Crippen LogP contribution in [0.2, 0.25) is 0 Å². The van der Waals surface area contributed by atoms with Crippen LogP contribution in [0, 0.1) is 5.92 Å². The summed E-state index contributed by atoms with van der Waals surface area (Å²) in [6.45, 7) is 4.06. The van der Waals surface area contributed by atoms with Crippen LogP contribution >= 0.6 is 23.5 Å². The first-order chi connectivity index (χ1) is 7.92. The van der Waals surface area contributed by atoms with Crippen molar-refractivity contribution in [2.45, 2.75) is 31.1 Å². The van der Waals surface area contributed by atoms with Gasteiger partial charge < -0.3 is 10.0 Å². The molecule has 1 amide bonds. The van der Waals surface area contributed by atoms with Crippen molar-refractivity contribution in [3.8, 4) is 0 Å². The number of thioether (sulfide) groups is 2. The van der Waals surface area contributed by atoms with Gasteiger partial charge in [0.25, 0.3) is 0 Å². The molecule has 0 aromatic heterocycles. The zero-order valence-corrected chi connectivity index (χ0v) is 11.6. The van der Waals surface area contributed by atoms with E-state index in [1.165, 1.54) is 0 Å². The van der Waals surface area contributed by atoms with Gasteiger partial charge in [-0.2, -0.15) is 11.8 Å². The fourth-order valence-corrected chi connectivity index (χ4v) is 5.41. The van der Waals surface area contributed by atoms with Gasteiger partial charge in [-0.05, 0) is 20.3 Å². The van der Waals surface area contributed by atoms with Crippen molar-refractivity contribution in [3.63, 3.8) is 0 Å². The number of hydrogen-bond donors (Lipinski definition) is 1. The van der Waals surface area contributed by atoms with E-state index in [0.717, 1.165) is 17.3 Å². The number of carbonyl (C=O) groups excluding carboxylic acids is 1. The highest BCUT2D eigenvalue weighted by atomic mass is 32.2. The number of likely N-dealkylation sites (tertiary alicyclic amines) is 1. The third-order valence-corrected chi connectivity index (χ3v) is 6.25. The zero-order chi connectivity index (χ0) is 12.6. The molecular formula is C11H17NO3S2. The third kappa shape index (κ3) is 2.57. The van der Waals surface area contributed by atoms with Crippen LogP contribution in [0.25, 0.3) is 0 Å². The van der Waals surface area contributed by atoms with E-state index in [1.807, 2.05) is 11.8 Å². The van der Waals surface area contributed by atoms with E-state index in [9.17, 15) is 9.59 Å². The van der Waals surface area contributed by atoms with Crippen LogP contribution < -0.4 is 0 Å². The molecule has 1 N–H and O–H groups in total. The van der Waals surface area contributed by atoms with Crippen molar-refractivity contribution in [2.24, 2.45) is 5.92 Å². The van der Waals surface area contributed by atoms with Crippen molar-refractivity contribution in [1.29, 1.82) is 0 Å². The van der Waals surface area contributed by atoms with Gasteiger partial charge in [-0.15, -0.1) is 11.8 Å². The highest BCUT2D eigenvalue weighted by molar-refractivity contribution is 8.16. The second-order valence-corrected chi connectivity index (χ2v) is 8.07. The molecule has 2 aliphatic rings. The van der Waals surface area contributed by atoms with E-state index in [0.29, 0.717) is 0 Å². The average Bonchev–Trinajstić information content (AvgIpc) is 2.51. The Morgan fingerprint density at radius 2 is 2.29 bits per heavy atom. The molecule has 2 fully saturated rings. The highest BCUT2D eigenvalue weighted by Crippen LogP contribution is 2.44. The second kappa shape index (κ2) is 4.72. The first-order valence-electron chi connectivity index (χ1n) is 5.66. The SMILES string of the molecule is CC1(C)SCSCC2CC1N(CC(=O)O)C2=O. The lowest BCUT2D eigenvalue weighted by atomic mass is 9.97. The van der Waals surface area contributed by atoms with Gasteiger partial charge in [0.05, 0.1) is 0 Å². The first kappa shape index (κ1) is 13.1. The molecule has 6 heteroatoms. The van der Waals surface area contributed by atoms with Crippen LogP contribution in [0.4, 0.5) is 0 Å². The van der Waals surface area contributed by atoms with Crippen molar-refractivity contribution in [1.82, 2.24) is 4.90 Å². The number of amides is 1. The van der Waals surface area contributed by atoms with E-state index >= 15 is 0 Å². The number of rotatable bonds is 2. The number of carboxylic acid groups (broad SMARTS) is 1. The van der Waals surface area contributed by atoms with Crippen molar-refractivity contribution >= 4 is 35.4 Å². The average molecular weight is 275 g/mol. The van der Waals surface area contributed by atoms with Gasteiger partial charge >= 0.3 is 5.97 Å². The van der Waals surface area contributed by atoms with Crippen LogP contribution in [0.15, 0.2) is 0 Å². The predicted molar refractivity (Wildman–Crippen MR) is 70.2 cm³/mol. The number of carbonyl (C=O) groups is 2. The van der Waals surface area contributed by atoms with E-state index < -0.39 is 5.97 Å². The van der Waals surface area contributed by atoms with Crippen molar-refractivity contribution in [2.75, 3.05) is 17.4 Å². The number of nitrogens with zero attached hydrogens (tertiary/aromatic N) is 1. The summed E-state index contributed by atoms with van der Waals surface area (Å²) in [5, 5.41) is 9.90. The summed E-state index contributed by atoms with van der Waals surface area (Å²) in [7, 11) is 0. The van der Waals surface area contributed by atoms with Crippen molar-refractivity contribution < 1.29 is 14.7 Å². The smallest absolute Gasteiger partial charge is 0.323 e. The zero-order valence-electron chi connectivity index (χ0n) is 10.0. The van der Waals surface area contributed by atoms with E-state index in [4.69, 9.17) is 5.11 Å². The van der Waals surface area contributed by atoms with Crippen LogP contribution in [-0.4, -0.2) is 50.1 Å². The fraction of sp³-hybridized carbons (Fsp3) is 0.818. The minimum atomic E-state index is -0.920. The van der Waals surface area contributed by atoms with Gasteiger partial charge in [0.2, 0.25) is 5.91 Å². The Labute approximate surface area is 110 Å². The third-order valence-electron chi connectivity index (χ3n) is 3.46. The molecule has 4 nitrogen and oxygen atoms in total. The van der Waals surface area contributed by atoms with Gasteiger partial charge in [-0.3, -0.25) is 9.59 Å². The number of carboxylic acids is 1. The first-order valence-corrected chi connectivity index (χ1v) is 7.80. The summed E-state index contributed by atoms with van der Waals surface area (Å²) in [4.78, 5) is 24.6. The molecule has 0 aromatic rings. The summed E-state index contributed by atoms with van der Waals surface area (Å²) >= 11 is 3.61. The van der Waals surface area contributed by atoms with Crippen LogP contribution in [0.3, 0.4) is 0 Å². The largest absolute Gasteiger partial charge is 0.480 e. The fourth-order valence-electron chi connectivity index (χ4n) is 2.50. The molecule has 0 radical (unpaired) electrons. The summed E-state index contributed by atoms with van der Waals surface area (Å²) in [6, 6.07) is 0.0574. The minimum Gasteiger partial charge on any atom is -0.480 e. The summed E-state index contributed by atoms with van der Waals surface area (Å²) in [5.74, 6) is -0.0455. The molecule has 2 atom stereocenters. The molecular weight excluding hydrogens is 258 g/mol. The minimum absolute atomic E-state index is 0.0181. The van der Waals surface area contributed by atoms with E-state index in [-0.39, 0.29) is 29.2 Å². The van der Waals surface area contributed by atoms with Crippen molar-refractivity contribution in [3.05, 3.63) is 0 Å². The van der Waals surface area contributed by atoms with Gasteiger partial charge in [-0.25, -0.2) is 0 Å². The second-order valence-electron chi connectivity index (χ2n) is 5.04. The van der Waals surface area contributed by atoms with Crippen LogP contribution in [-0.2, 0) is 9.59 Å². The molecule has 2 rings (SSSR count). The maximum Gasteiger partial charge on any atom is 0.323 e. The summed E-state index contributed by atoms with van der Waals surface area (Å²) < 4.78 is -0.0622. The summed E-state index contributed by atoms with van der Waals surface area (Å²) in [6.07, 6.45) is 0.805. The number of aliphatic carboxylic acids is 1. The van der Waals surface area contributed by atoms with Crippen LogP contribution in [0.5, 0.6) is 0 Å². The Bertz CT molecular complexity index is 346. The lowest BCUT2D eigenvalue weighted by molar-refractivity contribution is -0.144. The number of fused-ring (bicyclic) bond motifs is 2. The molecule has 0 saturated carbocycles. The highest BCUT2D eigenvalue weighted by Gasteiger charge is 2.48. The maximum atomic E-state index is 12.2. The molecule has 2 saturated heterocycles. The molecule has 2 heterocycles. The van der Waals surface area contributed by atoms with E-state index in [1.54, 1.807) is 16.7 Å². The molecule has 96 valence electrons.